The average Bonchev–Trinajstić information content (AvgIpc) is 2.20. The lowest BCUT2D eigenvalue weighted by Crippen LogP contribution is -2.28. The smallest absolute Gasteiger partial charge is 0.240 e. The second kappa shape index (κ2) is 5.82. The van der Waals surface area contributed by atoms with E-state index in [1.807, 2.05) is 0 Å². The van der Waals surface area contributed by atoms with Gasteiger partial charge in [-0.3, -0.25) is 10.1 Å². The Labute approximate surface area is 82.3 Å². The number of anilines is 1. The van der Waals surface area contributed by atoms with E-state index in [0.29, 0.717) is 12.5 Å². The van der Waals surface area contributed by atoms with Gasteiger partial charge in [0.2, 0.25) is 11.9 Å². The summed E-state index contributed by atoms with van der Waals surface area (Å²) in [6.07, 6.45) is 4.83. The lowest BCUT2D eigenvalue weighted by Gasteiger charge is -2.02. The molecule has 0 radical (unpaired) electrons. The van der Waals surface area contributed by atoms with E-state index in [2.05, 4.69) is 27.2 Å². The molecule has 0 bridgehead atoms. The fourth-order valence-electron chi connectivity index (χ4n) is 0.820. The predicted octanol–water partition coefficient (Wildman–Crippen LogP) is 0.191. The van der Waals surface area contributed by atoms with E-state index in [1.165, 1.54) is 0 Å². The van der Waals surface area contributed by atoms with Gasteiger partial charge in [0.1, 0.15) is 0 Å². The number of rotatable bonds is 5. The topological polar surface area (TPSA) is 66.9 Å². The molecule has 1 amide bonds. The molecular weight excluding hydrogens is 180 g/mol. The van der Waals surface area contributed by atoms with Crippen molar-refractivity contribution >= 4 is 11.9 Å². The lowest BCUT2D eigenvalue weighted by atomic mass is 10.5. The van der Waals surface area contributed by atoms with Crippen molar-refractivity contribution in [3.63, 3.8) is 0 Å². The van der Waals surface area contributed by atoms with E-state index in [4.69, 9.17) is 0 Å². The van der Waals surface area contributed by atoms with Crippen LogP contribution in [0.3, 0.4) is 0 Å². The summed E-state index contributed by atoms with van der Waals surface area (Å²) in [5.74, 6) is 0.149. The van der Waals surface area contributed by atoms with Crippen LogP contribution in [0, 0.1) is 0 Å². The summed E-state index contributed by atoms with van der Waals surface area (Å²) >= 11 is 0. The van der Waals surface area contributed by atoms with Gasteiger partial charge in [-0.2, -0.15) is 0 Å². The van der Waals surface area contributed by atoms with Crippen molar-refractivity contribution in [3.05, 3.63) is 31.1 Å². The molecule has 0 aliphatic rings. The zero-order chi connectivity index (χ0) is 10.2. The van der Waals surface area contributed by atoms with Crippen LogP contribution in [-0.2, 0) is 4.79 Å². The van der Waals surface area contributed by atoms with Crippen molar-refractivity contribution in [1.82, 2.24) is 15.3 Å². The molecule has 2 N–H and O–H groups in total. The second-order valence-electron chi connectivity index (χ2n) is 2.54. The van der Waals surface area contributed by atoms with Crippen LogP contribution in [0.2, 0.25) is 0 Å². The molecule has 0 atom stereocenters. The predicted molar refractivity (Wildman–Crippen MR) is 53.7 cm³/mol. The third-order valence-electron chi connectivity index (χ3n) is 1.39. The first-order valence-corrected chi connectivity index (χ1v) is 4.21. The Hall–Kier alpha value is -1.75. The first kappa shape index (κ1) is 10.3. The highest BCUT2D eigenvalue weighted by molar-refractivity contribution is 5.90. The van der Waals surface area contributed by atoms with Crippen LogP contribution in [0.1, 0.15) is 0 Å². The molecule has 5 heteroatoms. The van der Waals surface area contributed by atoms with Gasteiger partial charge in [0.05, 0.1) is 6.54 Å². The molecule has 0 unspecified atom stereocenters. The second-order valence-corrected chi connectivity index (χ2v) is 2.54. The highest BCUT2D eigenvalue weighted by Gasteiger charge is 2.01. The molecule has 0 fully saturated rings. The van der Waals surface area contributed by atoms with E-state index in [9.17, 15) is 4.79 Å². The van der Waals surface area contributed by atoms with E-state index in [0.717, 1.165) is 0 Å². The Balaban J connectivity index is 2.31. The van der Waals surface area contributed by atoms with Gasteiger partial charge in [-0.15, -0.1) is 6.58 Å². The summed E-state index contributed by atoms with van der Waals surface area (Å²) in [7, 11) is 0. The van der Waals surface area contributed by atoms with Crippen LogP contribution in [0.5, 0.6) is 0 Å². The van der Waals surface area contributed by atoms with E-state index >= 15 is 0 Å². The van der Waals surface area contributed by atoms with Crippen LogP contribution in [0.25, 0.3) is 0 Å². The monoisotopic (exact) mass is 192 g/mol. The summed E-state index contributed by atoms with van der Waals surface area (Å²) in [5, 5.41) is 5.41. The molecular formula is C9H12N4O. The zero-order valence-electron chi connectivity index (χ0n) is 7.73. The third-order valence-corrected chi connectivity index (χ3v) is 1.39. The molecule has 0 aromatic carbocycles. The van der Waals surface area contributed by atoms with Crippen LogP contribution in [0.4, 0.5) is 5.95 Å². The highest BCUT2D eigenvalue weighted by atomic mass is 16.2. The fourth-order valence-corrected chi connectivity index (χ4v) is 0.820. The summed E-state index contributed by atoms with van der Waals surface area (Å²) in [5.41, 5.74) is 0. The SMILES string of the molecule is C=CCNCC(=O)Nc1ncccn1. The molecule has 0 aliphatic carbocycles. The minimum absolute atomic E-state index is 0.168. The Morgan fingerprint density at radius 1 is 1.50 bits per heavy atom. The van der Waals surface area contributed by atoms with Crippen molar-refractivity contribution in [1.29, 1.82) is 0 Å². The number of hydrogen-bond acceptors (Lipinski definition) is 4. The summed E-state index contributed by atoms with van der Waals surface area (Å²) < 4.78 is 0. The Bertz CT molecular complexity index is 299. The lowest BCUT2D eigenvalue weighted by molar-refractivity contribution is -0.115. The molecule has 1 aromatic heterocycles. The maximum absolute atomic E-state index is 11.2. The number of carbonyl (C=O) groups is 1. The zero-order valence-corrected chi connectivity index (χ0v) is 7.73. The summed E-state index contributed by atoms with van der Waals surface area (Å²) in [6, 6.07) is 1.69. The Kier molecular flexibility index (Phi) is 4.30. The molecule has 1 rings (SSSR count). The Morgan fingerprint density at radius 3 is 2.86 bits per heavy atom. The van der Waals surface area contributed by atoms with Gasteiger partial charge in [0.25, 0.3) is 0 Å². The van der Waals surface area contributed by atoms with Gasteiger partial charge in [0.15, 0.2) is 0 Å². The van der Waals surface area contributed by atoms with Crippen molar-refractivity contribution in [2.75, 3.05) is 18.4 Å². The maximum Gasteiger partial charge on any atom is 0.240 e. The fraction of sp³-hybridized carbons (Fsp3) is 0.222. The number of nitrogens with zero attached hydrogens (tertiary/aromatic N) is 2. The van der Waals surface area contributed by atoms with Crippen LogP contribution in [-0.4, -0.2) is 29.0 Å². The van der Waals surface area contributed by atoms with Crippen molar-refractivity contribution < 1.29 is 4.79 Å². The number of nitrogens with one attached hydrogen (secondary N) is 2. The van der Waals surface area contributed by atoms with Gasteiger partial charge in [-0.05, 0) is 6.07 Å². The van der Waals surface area contributed by atoms with Crippen molar-refractivity contribution in [3.8, 4) is 0 Å². The summed E-state index contributed by atoms with van der Waals surface area (Å²) in [6.45, 7) is 4.35. The number of amides is 1. The van der Waals surface area contributed by atoms with Crippen LogP contribution >= 0.6 is 0 Å². The van der Waals surface area contributed by atoms with Gasteiger partial charge < -0.3 is 5.32 Å². The normalized spacial score (nSPS) is 9.43. The van der Waals surface area contributed by atoms with E-state index in [-0.39, 0.29) is 12.5 Å². The summed E-state index contributed by atoms with van der Waals surface area (Å²) in [4.78, 5) is 18.9. The molecule has 5 nitrogen and oxygen atoms in total. The molecule has 0 spiro atoms. The first-order valence-electron chi connectivity index (χ1n) is 4.21. The first-order chi connectivity index (χ1) is 6.83. The molecule has 0 saturated carbocycles. The third kappa shape index (κ3) is 3.77. The van der Waals surface area contributed by atoms with Gasteiger partial charge in [-0.25, -0.2) is 9.97 Å². The molecule has 1 aromatic rings. The Morgan fingerprint density at radius 2 is 2.21 bits per heavy atom. The average molecular weight is 192 g/mol. The number of aromatic nitrogens is 2. The highest BCUT2D eigenvalue weighted by Crippen LogP contribution is 1.92. The minimum atomic E-state index is -0.168. The number of carbonyl (C=O) groups excluding carboxylic acids is 1. The van der Waals surface area contributed by atoms with Gasteiger partial charge >= 0.3 is 0 Å². The molecule has 74 valence electrons. The molecule has 1 heterocycles. The molecule has 14 heavy (non-hydrogen) atoms. The molecule has 0 aliphatic heterocycles. The van der Waals surface area contributed by atoms with Crippen molar-refractivity contribution in [2.45, 2.75) is 0 Å². The minimum Gasteiger partial charge on any atom is -0.305 e. The number of hydrogen-bond donors (Lipinski definition) is 2. The van der Waals surface area contributed by atoms with Crippen LogP contribution in [0.15, 0.2) is 31.1 Å². The van der Waals surface area contributed by atoms with E-state index in [1.54, 1.807) is 24.5 Å². The van der Waals surface area contributed by atoms with E-state index < -0.39 is 0 Å². The van der Waals surface area contributed by atoms with Gasteiger partial charge in [-0.1, -0.05) is 6.08 Å². The quantitative estimate of drug-likeness (QED) is 0.516. The van der Waals surface area contributed by atoms with Crippen molar-refractivity contribution in [2.24, 2.45) is 0 Å². The maximum atomic E-state index is 11.2. The van der Waals surface area contributed by atoms with Crippen LogP contribution < -0.4 is 10.6 Å². The van der Waals surface area contributed by atoms with Gasteiger partial charge in [0, 0.05) is 18.9 Å². The molecule has 0 saturated heterocycles. The standard InChI is InChI=1S/C9H12N4O/c1-2-4-10-7-8(14)13-9-11-5-3-6-12-9/h2-3,5-6,10H,1,4,7H2,(H,11,12,13,14). The largest absolute Gasteiger partial charge is 0.305 e.